The highest BCUT2D eigenvalue weighted by molar-refractivity contribution is 8.14. The number of ether oxygens (including phenoxy) is 1. The number of amides is 1. The van der Waals surface area contributed by atoms with Gasteiger partial charge in [-0.2, -0.15) is 0 Å². The largest absolute Gasteiger partial charge is 0.458 e. The van der Waals surface area contributed by atoms with Gasteiger partial charge in [-0.05, 0) is 30.9 Å². The summed E-state index contributed by atoms with van der Waals surface area (Å²) in [6.45, 7) is 5.49. The molecule has 1 amide bonds. The van der Waals surface area contributed by atoms with E-state index in [1.807, 2.05) is 30.5 Å². The van der Waals surface area contributed by atoms with Gasteiger partial charge in [-0.3, -0.25) is 9.69 Å². The van der Waals surface area contributed by atoms with E-state index in [1.165, 1.54) is 6.08 Å². The SMILES string of the molecule is C=CCOC(=O)C1=C(C)N=C2SCCC(=O)N2[C@H]1c1ccc(SC)cc1. The van der Waals surface area contributed by atoms with Crippen LogP contribution in [0.25, 0.3) is 0 Å². The lowest BCUT2D eigenvalue weighted by Gasteiger charge is -2.38. The van der Waals surface area contributed by atoms with E-state index in [-0.39, 0.29) is 12.5 Å². The van der Waals surface area contributed by atoms with E-state index in [4.69, 9.17) is 4.74 Å². The summed E-state index contributed by atoms with van der Waals surface area (Å²) in [5.41, 5.74) is 1.87. The van der Waals surface area contributed by atoms with Crippen molar-refractivity contribution in [1.29, 1.82) is 0 Å². The van der Waals surface area contributed by atoms with Gasteiger partial charge in [-0.25, -0.2) is 9.79 Å². The number of benzene rings is 1. The van der Waals surface area contributed by atoms with Crippen LogP contribution in [0.2, 0.25) is 0 Å². The molecule has 0 saturated carbocycles. The van der Waals surface area contributed by atoms with Crippen molar-refractivity contribution in [2.75, 3.05) is 18.6 Å². The van der Waals surface area contributed by atoms with Gasteiger partial charge in [0.1, 0.15) is 6.61 Å². The predicted molar refractivity (Wildman–Crippen MR) is 106 cm³/mol. The number of fused-ring (bicyclic) bond motifs is 1. The molecule has 0 bridgehead atoms. The van der Waals surface area contributed by atoms with Crippen LogP contribution in [0.1, 0.15) is 24.9 Å². The van der Waals surface area contributed by atoms with Crippen molar-refractivity contribution in [3.05, 3.63) is 53.8 Å². The maximum Gasteiger partial charge on any atom is 0.338 e. The number of thioether (sulfide) groups is 2. The van der Waals surface area contributed by atoms with Crippen molar-refractivity contribution < 1.29 is 14.3 Å². The number of carbonyl (C=O) groups excluding carboxylic acids is 2. The molecule has 1 aromatic rings. The van der Waals surface area contributed by atoms with Crippen LogP contribution in [-0.2, 0) is 14.3 Å². The number of esters is 1. The summed E-state index contributed by atoms with van der Waals surface area (Å²) < 4.78 is 5.28. The van der Waals surface area contributed by atoms with Crippen molar-refractivity contribution in [1.82, 2.24) is 4.90 Å². The maximum atomic E-state index is 12.7. The zero-order valence-electron chi connectivity index (χ0n) is 14.7. The van der Waals surface area contributed by atoms with Crippen LogP contribution >= 0.6 is 23.5 Å². The number of hydrogen-bond acceptors (Lipinski definition) is 6. The molecule has 0 spiro atoms. The number of nitrogens with zero attached hydrogens (tertiary/aromatic N) is 2. The Balaban J connectivity index is 2.09. The van der Waals surface area contributed by atoms with Crippen molar-refractivity contribution >= 4 is 40.6 Å². The minimum absolute atomic E-state index is 0.0250. The van der Waals surface area contributed by atoms with Gasteiger partial charge in [0.05, 0.1) is 17.3 Å². The standard InChI is InChI=1S/C19H20N2O3S2/c1-4-10-24-18(23)16-12(2)20-19-21(15(22)9-11-26-19)17(16)13-5-7-14(25-3)8-6-13/h4-8,17H,1,9-11H2,2-3H3/t17-/m0/s1. The Kier molecular flexibility index (Phi) is 5.88. The van der Waals surface area contributed by atoms with Crippen molar-refractivity contribution in [2.45, 2.75) is 24.3 Å². The van der Waals surface area contributed by atoms with Crippen LogP contribution in [0.4, 0.5) is 0 Å². The summed E-state index contributed by atoms with van der Waals surface area (Å²) in [4.78, 5) is 32.6. The fraction of sp³-hybridized carbons (Fsp3) is 0.316. The molecule has 0 N–H and O–H groups in total. The normalized spacial score (nSPS) is 19.8. The number of carbonyl (C=O) groups is 2. The lowest BCUT2D eigenvalue weighted by Crippen LogP contribution is -2.45. The molecule has 0 radical (unpaired) electrons. The Labute approximate surface area is 161 Å². The van der Waals surface area contributed by atoms with Crippen LogP contribution in [0.5, 0.6) is 0 Å². The van der Waals surface area contributed by atoms with Crippen molar-refractivity contribution in [3.63, 3.8) is 0 Å². The molecule has 2 heterocycles. The number of hydrogen-bond donors (Lipinski definition) is 0. The van der Waals surface area contributed by atoms with E-state index in [9.17, 15) is 9.59 Å². The monoisotopic (exact) mass is 388 g/mol. The van der Waals surface area contributed by atoms with Crippen LogP contribution < -0.4 is 0 Å². The van der Waals surface area contributed by atoms with Gasteiger partial charge in [-0.15, -0.1) is 11.8 Å². The number of allylic oxidation sites excluding steroid dienone is 1. The summed E-state index contributed by atoms with van der Waals surface area (Å²) in [7, 11) is 0. The molecule has 1 saturated heterocycles. The van der Waals surface area contributed by atoms with Crippen LogP contribution in [0, 0.1) is 0 Å². The highest BCUT2D eigenvalue weighted by Crippen LogP contribution is 2.40. The van der Waals surface area contributed by atoms with Crippen LogP contribution in [-0.4, -0.2) is 40.6 Å². The number of aliphatic imine (C=N–C) groups is 1. The zero-order valence-corrected chi connectivity index (χ0v) is 16.4. The number of rotatable bonds is 5. The minimum Gasteiger partial charge on any atom is -0.458 e. The van der Waals surface area contributed by atoms with Gasteiger partial charge in [0.25, 0.3) is 0 Å². The highest BCUT2D eigenvalue weighted by atomic mass is 32.2. The van der Waals surface area contributed by atoms with E-state index in [0.29, 0.717) is 28.6 Å². The topological polar surface area (TPSA) is 59.0 Å². The van der Waals surface area contributed by atoms with Crippen molar-refractivity contribution in [3.8, 4) is 0 Å². The lowest BCUT2D eigenvalue weighted by atomic mass is 9.94. The summed E-state index contributed by atoms with van der Waals surface area (Å²) in [5.74, 6) is 0.214. The first-order valence-electron chi connectivity index (χ1n) is 8.23. The second-order valence-electron chi connectivity index (χ2n) is 5.82. The van der Waals surface area contributed by atoms with E-state index >= 15 is 0 Å². The van der Waals surface area contributed by atoms with E-state index in [1.54, 1.807) is 35.3 Å². The molecule has 1 aromatic carbocycles. The first kappa shape index (κ1) is 18.8. The molecule has 2 aliphatic heterocycles. The summed E-state index contributed by atoms with van der Waals surface area (Å²) in [6.07, 6.45) is 3.96. The second kappa shape index (κ2) is 8.14. The Morgan fingerprint density at radius 3 is 2.85 bits per heavy atom. The van der Waals surface area contributed by atoms with E-state index in [2.05, 4.69) is 11.6 Å². The molecule has 1 atom stereocenters. The molecule has 1 fully saturated rings. The third-order valence-corrected chi connectivity index (χ3v) is 5.89. The molecule has 136 valence electrons. The molecule has 3 rings (SSSR count). The summed E-state index contributed by atoms with van der Waals surface area (Å²) >= 11 is 3.18. The Hall–Kier alpha value is -1.99. The van der Waals surface area contributed by atoms with Gasteiger partial charge in [0.15, 0.2) is 5.17 Å². The summed E-state index contributed by atoms with van der Waals surface area (Å²) in [6, 6.07) is 7.39. The molecule has 5 nitrogen and oxygen atoms in total. The molecule has 26 heavy (non-hydrogen) atoms. The average Bonchev–Trinajstić information content (AvgIpc) is 2.65. The van der Waals surface area contributed by atoms with Crippen LogP contribution in [0.3, 0.4) is 0 Å². The third-order valence-electron chi connectivity index (χ3n) is 4.19. The Morgan fingerprint density at radius 1 is 1.46 bits per heavy atom. The molecule has 0 unspecified atom stereocenters. The maximum absolute atomic E-state index is 12.7. The quantitative estimate of drug-likeness (QED) is 0.436. The third kappa shape index (κ3) is 3.59. The first-order valence-corrected chi connectivity index (χ1v) is 10.4. The molecular weight excluding hydrogens is 368 g/mol. The van der Waals surface area contributed by atoms with Gasteiger partial charge in [0, 0.05) is 17.1 Å². The molecule has 2 aliphatic rings. The molecule has 0 aliphatic carbocycles. The van der Waals surface area contributed by atoms with Gasteiger partial charge in [0.2, 0.25) is 5.91 Å². The smallest absolute Gasteiger partial charge is 0.338 e. The molecule has 0 aromatic heterocycles. The Bertz CT molecular complexity index is 800. The van der Waals surface area contributed by atoms with Gasteiger partial charge >= 0.3 is 5.97 Å². The minimum atomic E-state index is -0.518. The van der Waals surface area contributed by atoms with Gasteiger partial charge in [-0.1, -0.05) is 36.5 Å². The fourth-order valence-corrected chi connectivity index (χ4v) is 4.39. The second-order valence-corrected chi connectivity index (χ2v) is 7.76. The Morgan fingerprint density at radius 2 is 2.19 bits per heavy atom. The zero-order chi connectivity index (χ0) is 18.7. The van der Waals surface area contributed by atoms with Crippen LogP contribution in [0.15, 0.2) is 58.1 Å². The van der Waals surface area contributed by atoms with Crippen molar-refractivity contribution in [2.24, 2.45) is 4.99 Å². The predicted octanol–water partition coefficient (Wildman–Crippen LogP) is 3.79. The lowest BCUT2D eigenvalue weighted by molar-refractivity contribution is -0.139. The van der Waals surface area contributed by atoms with Gasteiger partial charge < -0.3 is 4.74 Å². The molecular formula is C19H20N2O3S2. The first-order chi connectivity index (χ1) is 12.6. The fourth-order valence-electron chi connectivity index (χ4n) is 2.97. The molecule has 7 heteroatoms. The van der Waals surface area contributed by atoms with E-state index < -0.39 is 12.0 Å². The average molecular weight is 389 g/mol. The number of amidine groups is 1. The van der Waals surface area contributed by atoms with E-state index in [0.717, 1.165) is 10.5 Å². The summed E-state index contributed by atoms with van der Waals surface area (Å²) in [5, 5.41) is 0.651. The highest BCUT2D eigenvalue weighted by Gasteiger charge is 2.41.